The highest BCUT2D eigenvalue weighted by atomic mass is 127. The molecule has 0 aliphatic carbocycles. The van der Waals surface area contributed by atoms with E-state index in [1.807, 2.05) is 65.5 Å². The van der Waals surface area contributed by atoms with Crippen molar-refractivity contribution in [3.05, 3.63) is 87.5 Å². The molecule has 2 aromatic carbocycles. The number of fused-ring (bicyclic) bond motifs is 1. The molecule has 5 nitrogen and oxygen atoms in total. The first-order chi connectivity index (χ1) is 13.1. The van der Waals surface area contributed by atoms with Gasteiger partial charge in [0, 0.05) is 32.4 Å². The molecule has 134 valence electrons. The molecule has 2 aromatic heterocycles. The van der Waals surface area contributed by atoms with Crippen LogP contribution < -0.4 is 0 Å². The average molecular weight is 470 g/mol. The first-order valence-corrected chi connectivity index (χ1v) is 9.38. The number of nitrogens with zero attached hydrogens (tertiary/aromatic N) is 2. The van der Waals surface area contributed by atoms with Crippen LogP contribution in [0.2, 0.25) is 0 Å². The zero-order valence-corrected chi connectivity index (χ0v) is 16.3. The molecule has 0 amide bonds. The van der Waals surface area contributed by atoms with Gasteiger partial charge in [0.25, 0.3) is 0 Å². The Morgan fingerprint density at radius 2 is 1.89 bits per heavy atom. The van der Waals surface area contributed by atoms with Crippen molar-refractivity contribution >= 4 is 51.4 Å². The third-order valence-electron chi connectivity index (χ3n) is 4.21. The number of rotatable bonds is 5. The third kappa shape index (κ3) is 3.66. The van der Waals surface area contributed by atoms with Crippen LogP contribution in [0.3, 0.4) is 0 Å². The summed E-state index contributed by atoms with van der Waals surface area (Å²) in [5, 5.41) is 10.1. The second-order valence-corrected chi connectivity index (χ2v) is 7.17. The van der Waals surface area contributed by atoms with Gasteiger partial charge < -0.3 is 14.1 Å². The van der Waals surface area contributed by atoms with Crippen LogP contribution in [0.25, 0.3) is 10.9 Å². The van der Waals surface area contributed by atoms with Crippen LogP contribution in [-0.2, 0) is 6.54 Å². The molecule has 0 saturated carbocycles. The van der Waals surface area contributed by atoms with Crippen LogP contribution in [0.4, 0.5) is 5.69 Å². The van der Waals surface area contributed by atoms with Crippen LogP contribution >= 0.6 is 22.6 Å². The number of aromatic carboxylic acids is 1. The van der Waals surface area contributed by atoms with E-state index >= 15 is 0 Å². The quantitative estimate of drug-likeness (QED) is 0.317. The lowest BCUT2D eigenvalue weighted by Gasteiger charge is -2.02. The lowest BCUT2D eigenvalue weighted by Crippen LogP contribution is -1.97. The topological polar surface area (TPSA) is 67.7 Å². The van der Waals surface area contributed by atoms with Crippen molar-refractivity contribution in [2.75, 3.05) is 0 Å². The number of aromatic nitrogens is 1. The molecule has 0 unspecified atom stereocenters. The Morgan fingerprint density at radius 3 is 2.67 bits per heavy atom. The number of furan rings is 1. The van der Waals surface area contributed by atoms with Crippen molar-refractivity contribution in [1.82, 2.24) is 4.57 Å². The SMILES string of the molecule is O=C(O)c1ccc(Cn2cc(C=Nc3ccccc3I)c3ccccc32)o1. The number of hydrogen-bond acceptors (Lipinski definition) is 3. The second-order valence-electron chi connectivity index (χ2n) is 6.01. The minimum absolute atomic E-state index is 0.0538. The van der Waals surface area contributed by atoms with E-state index in [2.05, 4.69) is 27.6 Å². The molecular weight excluding hydrogens is 455 g/mol. The molecule has 0 fully saturated rings. The van der Waals surface area contributed by atoms with Gasteiger partial charge in [0.1, 0.15) is 5.76 Å². The molecule has 4 rings (SSSR count). The third-order valence-corrected chi connectivity index (χ3v) is 5.13. The fraction of sp³-hybridized carbons (Fsp3) is 0.0476. The van der Waals surface area contributed by atoms with Gasteiger partial charge in [-0.25, -0.2) is 4.79 Å². The molecule has 0 bridgehead atoms. The number of para-hydroxylation sites is 2. The normalized spacial score (nSPS) is 11.4. The molecule has 0 aliphatic heterocycles. The monoisotopic (exact) mass is 470 g/mol. The van der Waals surface area contributed by atoms with Crippen LogP contribution in [0.5, 0.6) is 0 Å². The summed E-state index contributed by atoms with van der Waals surface area (Å²) >= 11 is 2.27. The second kappa shape index (κ2) is 7.40. The van der Waals surface area contributed by atoms with E-state index in [1.165, 1.54) is 6.07 Å². The minimum Gasteiger partial charge on any atom is -0.475 e. The summed E-state index contributed by atoms with van der Waals surface area (Å²) in [6.07, 6.45) is 3.87. The van der Waals surface area contributed by atoms with Crippen molar-refractivity contribution in [2.45, 2.75) is 6.54 Å². The molecule has 0 spiro atoms. The number of carbonyl (C=O) groups is 1. The summed E-state index contributed by atoms with van der Waals surface area (Å²) in [5.74, 6) is -0.528. The molecule has 6 heteroatoms. The molecule has 4 aromatic rings. The predicted molar refractivity (Wildman–Crippen MR) is 113 cm³/mol. The van der Waals surface area contributed by atoms with Crippen LogP contribution in [0, 0.1) is 3.57 Å². The molecule has 0 atom stereocenters. The van der Waals surface area contributed by atoms with E-state index in [4.69, 9.17) is 9.52 Å². The fourth-order valence-corrected chi connectivity index (χ4v) is 3.48. The average Bonchev–Trinajstić information content (AvgIpc) is 3.27. The molecule has 27 heavy (non-hydrogen) atoms. The highest BCUT2D eigenvalue weighted by molar-refractivity contribution is 14.1. The number of hydrogen-bond donors (Lipinski definition) is 1. The summed E-state index contributed by atoms with van der Waals surface area (Å²) in [4.78, 5) is 15.6. The van der Waals surface area contributed by atoms with E-state index in [-0.39, 0.29) is 5.76 Å². The van der Waals surface area contributed by atoms with E-state index < -0.39 is 5.97 Å². The number of benzene rings is 2. The van der Waals surface area contributed by atoms with Gasteiger partial charge in [-0.15, -0.1) is 0 Å². The highest BCUT2D eigenvalue weighted by Crippen LogP contribution is 2.24. The Hall–Kier alpha value is -2.87. The van der Waals surface area contributed by atoms with Gasteiger partial charge in [-0.3, -0.25) is 4.99 Å². The van der Waals surface area contributed by atoms with Gasteiger partial charge in [-0.1, -0.05) is 30.3 Å². The van der Waals surface area contributed by atoms with Crippen LogP contribution in [-0.4, -0.2) is 21.9 Å². The minimum atomic E-state index is -1.07. The predicted octanol–water partition coefficient (Wildman–Crippen LogP) is 5.34. The molecule has 2 heterocycles. The van der Waals surface area contributed by atoms with Gasteiger partial charge >= 0.3 is 5.97 Å². The maximum atomic E-state index is 11.0. The Labute approximate surface area is 169 Å². The van der Waals surface area contributed by atoms with E-state index in [0.717, 1.165) is 25.7 Å². The molecule has 0 radical (unpaired) electrons. The maximum Gasteiger partial charge on any atom is 0.371 e. The van der Waals surface area contributed by atoms with Crippen molar-refractivity contribution < 1.29 is 14.3 Å². The first-order valence-electron chi connectivity index (χ1n) is 8.30. The zero-order chi connectivity index (χ0) is 18.8. The van der Waals surface area contributed by atoms with Gasteiger partial charge in [0.05, 0.1) is 12.2 Å². The van der Waals surface area contributed by atoms with E-state index in [1.54, 1.807) is 6.07 Å². The number of carboxylic acids is 1. The Kier molecular flexibility index (Phi) is 4.81. The summed E-state index contributed by atoms with van der Waals surface area (Å²) in [7, 11) is 0. The highest BCUT2D eigenvalue weighted by Gasteiger charge is 2.12. The standard InChI is InChI=1S/C21H15IN2O3/c22-17-6-2-3-7-18(17)23-11-14-12-24(19-8-4-1-5-16(14)19)13-15-9-10-20(27-15)21(25)26/h1-12H,13H2,(H,25,26). The van der Waals surface area contributed by atoms with Gasteiger partial charge in [-0.05, 0) is 52.9 Å². The largest absolute Gasteiger partial charge is 0.475 e. The summed E-state index contributed by atoms with van der Waals surface area (Å²) in [6, 6.07) is 19.2. The fourth-order valence-electron chi connectivity index (χ4n) is 2.95. The van der Waals surface area contributed by atoms with Crippen molar-refractivity contribution in [2.24, 2.45) is 4.99 Å². The van der Waals surface area contributed by atoms with Crippen LogP contribution in [0.15, 0.2) is 76.3 Å². The Morgan fingerprint density at radius 1 is 1.11 bits per heavy atom. The summed E-state index contributed by atoms with van der Waals surface area (Å²) in [6.45, 7) is 0.449. The van der Waals surface area contributed by atoms with Crippen molar-refractivity contribution in [3.63, 3.8) is 0 Å². The number of halogens is 1. The molecule has 0 saturated heterocycles. The molecular formula is C21H15IN2O3. The lowest BCUT2D eigenvalue weighted by atomic mass is 10.2. The van der Waals surface area contributed by atoms with E-state index in [9.17, 15) is 4.79 Å². The molecule has 1 N–H and O–H groups in total. The number of carboxylic acid groups (broad SMARTS) is 1. The zero-order valence-electron chi connectivity index (χ0n) is 14.2. The molecule has 0 aliphatic rings. The van der Waals surface area contributed by atoms with Gasteiger partial charge in [-0.2, -0.15) is 0 Å². The van der Waals surface area contributed by atoms with Crippen molar-refractivity contribution in [3.8, 4) is 0 Å². The van der Waals surface area contributed by atoms with Crippen LogP contribution in [0.1, 0.15) is 21.9 Å². The van der Waals surface area contributed by atoms with Gasteiger partial charge in [0.2, 0.25) is 5.76 Å². The summed E-state index contributed by atoms with van der Waals surface area (Å²) < 4.78 is 8.53. The smallest absolute Gasteiger partial charge is 0.371 e. The van der Waals surface area contributed by atoms with E-state index in [0.29, 0.717) is 12.3 Å². The number of aliphatic imine (C=N–C) groups is 1. The van der Waals surface area contributed by atoms with Crippen molar-refractivity contribution in [1.29, 1.82) is 0 Å². The lowest BCUT2D eigenvalue weighted by molar-refractivity contribution is 0.0660. The first kappa shape index (κ1) is 17.5. The van der Waals surface area contributed by atoms with Gasteiger partial charge in [0.15, 0.2) is 0 Å². The Balaban J connectivity index is 1.70. The summed E-state index contributed by atoms with van der Waals surface area (Å²) in [5.41, 5.74) is 2.96. The maximum absolute atomic E-state index is 11.0. The Bertz CT molecular complexity index is 1160.